The monoisotopic (exact) mass is 720 g/mol. The zero-order chi connectivity index (χ0) is 36.7. The van der Waals surface area contributed by atoms with Crippen LogP contribution in [0.4, 0.5) is 34.1 Å². The predicted molar refractivity (Wildman–Crippen MR) is 227 cm³/mol. The molecule has 0 atom stereocenters. The highest BCUT2D eigenvalue weighted by atomic mass is 16.5. The molecule has 8 aromatic carbocycles. The second-order valence-corrected chi connectivity index (χ2v) is 14.2. The highest BCUT2D eigenvalue weighted by Crippen LogP contribution is 2.53. The van der Waals surface area contributed by atoms with E-state index in [-0.39, 0.29) is 0 Å². The summed E-state index contributed by atoms with van der Waals surface area (Å²) in [4.78, 5) is 4.63. The first-order valence-electron chi connectivity index (χ1n) is 18.9. The maximum absolute atomic E-state index is 6.39. The molecule has 0 saturated carbocycles. The molecular weight excluding hydrogens is 689 g/mol. The van der Waals surface area contributed by atoms with Gasteiger partial charge in [0.15, 0.2) is 23.0 Å². The van der Waals surface area contributed by atoms with Gasteiger partial charge in [0.05, 0.1) is 44.8 Å². The Bertz CT molecular complexity index is 2860. The van der Waals surface area contributed by atoms with Crippen molar-refractivity contribution in [1.29, 1.82) is 0 Å². The summed E-state index contributed by atoms with van der Waals surface area (Å²) in [5.41, 5.74) is 12.9. The Balaban J connectivity index is 1.16. The number of nitrogens with zero attached hydrogens (tertiary/aromatic N) is 4. The fraction of sp³-hybridized carbons (Fsp3) is 0. The summed E-state index contributed by atoms with van der Waals surface area (Å²) in [6.07, 6.45) is 0. The molecule has 0 aliphatic carbocycles. The van der Waals surface area contributed by atoms with Gasteiger partial charge in [0.2, 0.25) is 0 Å². The Morgan fingerprint density at radius 3 is 0.964 bits per heavy atom. The number of rotatable bonds is 4. The molecule has 12 rings (SSSR count). The maximum Gasteiger partial charge on any atom is 0.151 e. The Hall–Kier alpha value is -7.70. The van der Waals surface area contributed by atoms with Crippen molar-refractivity contribution in [2.45, 2.75) is 0 Å². The number of ether oxygens (including phenoxy) is 2. The number of aromatic nitrogens is 2. The molecule has 6 nitrogen and oxygen atoms in total. The van der Waals surface area contributed by atoms with E-state index in [1.807, 2.05) is 48.5 Å². The van der Waals surface area contributed by atoms with E-state index in [4.69, 9.17) is 9.47 Å². The molecular formula is C50H32N4O2. The van der Waals surface area contributed by atoms with Crippen LogP contribution in [0.2, 0.25) is 0 Å². The van der Waals surface area contributed by atoms with Gasteiger partial charge in [-0.1, -0.05) is 84.9 Å². The van der Waals surface area contributed by atoms with Crippen LogP contribution in [-0.4, -0.2) is 9.13 Å². The summed E-state index contributed by atoms with van der Waals surface area (Å²) >= 11 is 0. The quantitative estimate of drug-likeness (QED) is 0.181. The number of fused-ring (bicyclic) bond motifs is 9. The Labute approximate surface area is 322 Å². The average Bonchev–Trinajstić information content (AvgIpc) is 3.76. The molecule has 56 heavy (non-hydrogen) atoms. The van der Waals surface area contributed by atoms with Crippen LogP contribution in [-0.2, 0) is 0 Å². The molecule has 2 aliphatic rings. The molecule has 0 unspecified atom stereocenters. The molecule has 0 fully saturated rings. The summed E-state index contributed by atoms with van der Waals surface area (Å²) in [5.74, 6) is 3.32. The van der Waals surface area contributed by atoms with E-state index in [9.17, 15) is 0 Å². The van der Waals surface area contributed by atoms with Gasteiger partial charge in [0.25, 0.3) is 0 Å². The van der Waals surface area contributed by atoms with Gasteiger partial charge in [-0.05, 0) is 109 Å². The van der Waals surface area contributed by atoms with Crippen LogP contribution < -0.4 is 19.3 Å². The lowest BCUT2D eigenvalue weighted by Crippen LogP contribution is -2.15. The van der Waals surface area contributed by atoms with E-state index in [1.165, 1.54) is 0 Å². The van der Waals surface area contributed by atoms with Crippen LogP contribution in [0.5, 0.6) is 23.0 Å². The van der Waals surface area contributed by atoms with E-state index in [0.29, 0.717) is 0 Å². The van der Waals surface area contributed by atoms with E-state index >= 15 is 0 Å². The van der Waals surface area contributed by atoms with Crippen molar-refractivity contribution >= 4 is 67.0 Å². The first kappa shape index (κ1) is 30.7. The Morgan fingerprint density at radius 2 is 0.607 bits per heavy atom. The summed E-state index contributed by atoms with van der Waals surface area (Å²) in [6, 6.07) is 68.2. The van der Waals surface area contributed by atoms with E-state index in [0.717, 1.165) is 101 Å². The number of hydrogen-bond donors (Lipinski definition) is 0. The molecule has 0 spiro atoms. The first-order chi connectivity index (χ1) is 27.8. The summed E-state index contributed by atoms with van der Waals surface area (Å²) < 4.78 is 17.7. The number of para-hydroxylation sites is 10. The van der Waals surface area contributed by atoms with Crippen molar-refractivity contribution in [2.24, 2.45) is 0 Å². The van der Waals surface area contributed by atoms with Gasteiger partial charge < -0.3 is 28.4 Å². The van der Waals surface area contributed by atoms with Crippen molar-refractivity contribution in [1.82, 2.24) is 9.13 Å². The maximum atomic E-state index is 6.39. The lowest BCUT2D eigenvalue weighted by Gasteiger charge is -2.33. The second-order valence-electron chi connectivity index (χ2n) is 14.2. The molecule has 2 aliphatic heterocycles. The van der Waals surface area contributed by atoms with Crippen LogP contribution in [0.1, 0.15) is 0 Å². The van der Waals surface area contributed by atoms with E-state index < -0.39 is 0 Å². The number of hydrogen-bond acceptors (Lipinski definition) is 4. The third-order valence-electron chi connectivity index (χ3n) is 11.0. The minimum absolute atomic E-state index is 0.831. The fourth-order valence-electron chi connectivity index (χ4n) is 8.69. The van der Waals surface area contributed by atoms with E-state index in [2.05, 4.69) is 165 Å². The molecule has 2 aromatic heterocycles. The van der Waals surface area contributed by atoms with Crippen molar-refractivity contribution in [3.05, 3.63) is 194 Å². The molecule has 0 N–H and O–H groups in total. The lowest BCUT2D eigenvalue weighted by molar-refractivity contribution is 0.477. The molecule has 0 amide bonds. The minimum atomic E-state index is 0.831. The smallest absolute Gasteiger partial charge is 0.151 e. The Morgan fingerprint density at radius 1 is 0.286 bits per heavy atom. The van der Waals surface area contributed by atoms with Gasteiger partial charge in [-0.2, -0.15) is 0 Å². The van der Waals surface area contributed by atoms with Crippen LogP contribution in [0.3, 0.4) is 0 Å². The van der Waals surface area contributed by atoms with Crippen LogP contribution >= 0.6 is 0 Å². The molecule has 0 radical (unpaired) electrons. The third-order valence-corrected chi connectivity index (χ3v) is 11.0. The van der Waals surface area contributed by atoms with Crippen LogP contribution in [0, 0.1) is 0 Å². The van der Waals surface area contributed by atoms with Gasteiger partial charge in [0, 0.05) is 33.5 Å². The van der Waals surface area contributed by atoms with Crippen molar-refractivity contribution in [3.8, 4) is 34.4 Å². The predicted octanol–water partition coefficient (Wildman–Crippen LogP) is 13.9. The van der Waals surface area contributed by atoms with Gasteiger partial charge in [0.1, 0.15) is 0 Å². The van der Waals surface area contributed by atoms with Gasteiger partial charge in [-0.3, -0.25) is 0 Å². The van der Waals surface area contributed by atoms with Crippen LogP contribution in [0.15, 0.2) is 194 Å². The number of anilines is 6. The highest BCUT2D eigenvalue weighted by Gasteiger charge is 2.30. The van der Waals surface area contributed by atoms with Crippen molar-refractivity contribution in [2.75, 3.05) is 9.80 Å². The summed E-state index contributed by atoms with van der Waals surface area (Å²) in [7, 11) is 0. The zero-order valence-corrected chi connectivity index (χ0v) is 30.1. The van der Waals surface area contributed by atoms with Crippen LogP contribution in [0.25, 0.3) is 44.2 Å². The molecule has 6 heteroatoms. The van der Waals surface area contributed by atoms with Gasteiger partial charge in [-0.15, -0.1) is 0 Å². The zero-order valence-electron chi connectivity index (χ0n) is 30.1. The third kappa shape index (κ3) is 4.44. The second kappa shape index (κ2) is 11.9. The largest absolute Gasteiger partial charge is 0.453 e. The Kier molecular flexibility index (Phi) is 6.53. The van der Waals surface area contributed by atoms with Crippen molar-refractivity contribution in [3.63, 3.8) is 0 Å². The topological polar surface area (TPSA) is 34.8 Å². The van der Waals surface area contributed by atoms with Gasteiger partial charge in [-0.25, -0.2) is 0 Å². The highest BCUT2D eigenvalue weighted by molar-refractivity contribution is 6.21. The molecule has 10 aromatic rings. The van der Waals surface area contributed by atoms with E-state index in [1.54, 1.807) is 0 Å². The minimum Gasteiger partial charge on any atom is -0.453 e. The van der Waals surface area contributed by atoms with Gasteiger partial charge >= 0.3 is 0 Å². The van der Waals surface area contributed by atoms with Crippen molar-refractivity contribution < 1.29 is 9.47 Å². The fourth-order valence-corrected chi connectivity index (χ4v) is 8.69. The molecule has 0 saturated heterocycles. The first-order valence-corrected chi connectivity index (χ1v) is 18.9. The standard InChI is InChI=1S/C50H32N4O2/c1-3-15-33(16-4-1)53-43-31-35(51-39-19-7-11-23-45(39)55-46-24-12-8-20-40(46)51)27-29-37(43)50-49(53)38-30-28-36(32-44(38)54(50)34-17-5-2-6-18-34)52-41-21-9-13-25-47(41)56-48-26-14-10-22-42(48)52/h1-32H. The average molecular weight is 721 g/mol. The molecule has 4 heterocycles. The SMILES string of the molecule is c1ccc(-n2c3cc(N4c5ccccc5Oc5ccccc54)ccc3c3c2c2ccc(N4c5ccccc5Oc5ccccc54)cc2n3-c2ccccc2)cc1. The molecule has 264 valence electrons. The summed E-state index contributed by atoms with van der Waals surface area (Å²) in [5, 5.41) is 2.32. The normalized spacial score (nSPS) is 12.9. The summed E-state index contributed by atoms with van der Waals surface area (Å²) in [6.45, 7) is 0. The molecule has 0 bridgehead atoms. The lowest BCUT2D eigenvalue weighted by atomic mass is 10.1. The number of benzene rings is 8.